The lowest BCUT2D eigenvalue weighted by molar-refractivity contribution is 0.101. The van der Waals surface area contributed by atoms with Gasteiger partial charge in [-0.15, -0.1) is 0 Å². The number of rotatable bonds is 11. The molecule has 39 heavy (non-hydrogen) atoms. The Kier molecular flexibility index (Phi) is 9.94. The van der Waals surface area contributed by atoms with Gasteiger partial charge in [0.05, 0.1) is 0 Å². The minimum Gasteiger partial charge on any atom is -0.295 e. The van der Waals surface area contributed by atoms with E-state index in [-0.39, 0.29) is 11.2 Å². The third kappa shape index (κ3) is 8.65. The monoisotopic (exact) mass is 520 g/mol. The van der Waals surface area contributed by atoms with Crippen molar-refractivity contribution in [1.29, 1.82) is 0 Å². The number of ketones is 1. The van der Waals surface area contributed by atoms with Crippen LogP contribution in [0.15, 0.2) is 73.3 Å². The summed E-state index contributed by atoms with van der Waals surface area (Å²) in [6.45, 7) is 25.6. The fourth-order valence-electron chi connectivity index (χ4n) is 5.66. The standard InChI is InChI=1S/C38H48O/c1-25(2)36-21-31(15-14-28(36)5)20-35-23-34(29(6)19-37(35)30(7)39)22-33(32-16-11-26(3)12-17-32)18-13-27(4)24-38(8,9)10/h11-12,14-17,19,21,23,33H,1,4,13,18,20,22,24H2,2-3,5-10H3/t33-/m1/s1. The Bertz CT molecular complexity index is 1340. The van der Waals surface area contributed by atoms with E-state index in [1.54, 1.807) is 6.92 Å². The van der Waals surface area contributed by atoms with Crippen LogP contribution in [0.4, 0.5) is 0 Å². The van der Waals surface area contributed by atoms with Crippen molar-refractivity contribution in [2.75, 3.05) is 0 Å². The Morgan fingerprint density at radius 2 is 1.49 bits per heavy atom. The van der Waals surface area contributed by atoms with E-state index in [2.05, 4.69) is 116 Å². The SMILES string of the molecule is C=C(CC[C@H](Cc1cc(Cc2ccc(C)c(C(=C)C)c2)c(C(C)=O)cc1C)c1ccc(C)cc1)CC(C)(C)C. The van der Waals surface area contributed by atoms with Gasteiger partial charge in [0.25, 0.3) is 0 Å². The first-order valence-corrected chi connectivity index (χ1v) is 14.4. The summed E-state index contributed by atoms with van der Waals surface area (Å²) in [4.78, 5) is 12.7. The van der Waals surface area contributed by atoms with E-state index < -0.39 is 0 Å². The van der Waals surface area contributed by atoms with E-state index in [9.17, 15) is 4.79 Å². The third-order valence-electron chi connectivity index (χ3n) is 7.74. The second-order valence-corrected chi connectivity index (χ2v) is 12.9. The number of Topliss-reactive ketones (excluding diaryl/α,β-unsaturated/α-hetero) is 1. The zero-order valence-corrected chi connectivity index (χ0v) is 25.6. The van der Waals surface area contributed by atoms with E-state index in [0.29, 0.717) is 5.92 Å². The van der Waals surface area contributed by atoms with Crippen LogP contribution in [0, 0.1) is 26.2 Å². The minimum absolute atomic E-state index is 0.125. The zero-order chi connectivity index (χ0) is 28.9. The number of carbonyl (C=O) groups is 1. The molecule has 0 amide bonds. The fourth-order valence-corrected chi connectivity index (χ4v) is 5.66. The van der Waals surface area contributed by atoms with Crippen molar-refractivity contribution in [3.05, 3.63) is 123 Å². The molecule has 0 saturated heterocycles. The first-order valence-electron chi connectivity index (χ1n) is 14.4. The molecule has 0 saturated carbocycles. The van der Waals surface area contributed by atoms with Gasteiger partial charge in [-0.1, -0.05) is 99.2 Å². The Balaban J connectivity index is 1.96. The average Bonchev–Trinajstić information content (AvgIpc) is 2.83. The van der Waals surface area contributed by atoms with Gasteiger partial charge in [-0.25, -0.2) is 0 Å². The molecule has 0 aliphatic carbocycles. The van der Waals surface area contributed by atoms with Crippen LogP contribution in [0.1, 0.15) is 115 Å². The van der Waals surface area contributed by atoms with E-state index in [1.807, 2.05) is 0 Å². The quantitative estimate of drug-likeness (QED) is 0.181. The van der Waals surface area contributed by atoms with Gasteiger partial charge in [0.15, 0.2) is 5.78 Å². The average molecular weight is 521 g/mol. The number of benzene rings is 3. The van der Waals surface area contributed by atoms with Gasteiger partial charge in [0, 0.05) is 5.56 Å². The highest BCUT2D eigenvalue weighted by Crippen LogP contribution is 2.33. The summed E-state index contributed by atoms with van der Waals surface area (Å²) in [5.74, 6) is 0.520. The van der Waals surface area contributed by atoms with Crippen LogP contribution in [0.3, 0.4) is 0 Å². The van der Waals surface area contributed by atoms with Crippen LogP contribution in [0.25, 0.3) is 5.57 Å². The summed E-state index contributed by atoms with van der Waals surface area (Å²) in [6, 6.07) is 20.0. The lowest BCUT2D eigenvalue weighted by Gasteiger charge is -2.23. The van der Waals surface area contributed by atoms with E-state index in [4.69, 9.17) is 0 Å². The number of carbonyl (C=O) groups excluding carboxylic acids is 1. The summed E-state index contributed by atoms with van der Waals surface area (Å²) in [6.07, 6.45) is 4.84. The Labute approximate surface area is 238 Å². The molecule has 3 rings (SSSR count). The molecule has 0 spiro atoms. The highest BCUT2D eigenvalue weighted by Gasteiger charge is 2.19. The lowest BCUT2D eigenvalue weighted by atomic mass is 9.81. The maximum Gasteiger partial charge on any atom is 0.160 e. The molecule has 0 aliphatic rings. The van der Waals surface area contributed by atoms with Crippen molar-refractivity contribution in [2.24, 2.45) is 5.41 Å². The molecule has 3 aromatic rings. The van der Waals surface area contributed by atoms with Crippen LogP contribution in [-0.4, -0.2) is 5.78 Å². The molecule has 206 valence electrons. The van der Waals surface area contributed by atoms with Gasteiger partial charge in [-0.3, -0.25) is 4.79 Å². The van der Waals surface area contributed by atoms with Crippen molar-refractivity contribution < 1.29 is 4.79 Å². The number of hydrogen-bond acceptors (Lipinski definition) is 1. The highest BCUT2D eigenvalue weighted by atomic mass is 16.1. The molecule has 3 aromatic carbocycles. The summed E-state index contributed by atoms with van der Waals surface area (Å²) in [5.41, 5.74) is 13.4. The molecular weight excluding hydrogens is 472 g/mol. The lowest BCUT2D eigenvalue weighted by Crippen LogP contribution is -2.10. The molecule has 0 heterocycles. The predicted octanol–water partition coefficient (Wildman–Crippen LogP) is 10.5. The van der Waals surface area contributed by atoms with Gasteiger partial charge in [-0.05, 0) is 123 Å². The molecule has 0 bridgehead atoms. The summed E-state index contributed by atoms with van der Waals surface area (Å²) >= 11 is 0. The molecule has 1 heteroatoms. The molecule has 1 atom stereocenters. The van der Waals surface area contributed by atoms with Gasteiger partial charge in [0.2, 0.25) is 0 Å². The Hall–Kier alpha value is -3.19. The molecule has 1 nitrogen and oxygen atoms in total. The summed E-state index contributed by atoms with van der Waals surface area (Å²) in [7, 11) is 0. The molecule has 0 aromatic heterocycles. The molecule has 0 N–H and O–H groups in total. The van der Waals surface area contributed by atoms with Gasteiger partial charge >= 0.3 is 0 Å². The second kappa shape index (κ2) is 12.8. The van der Waals surface area contributed by atoms with Crippen molar-refractivity contribution in [1.82, 2.24) is 0 Å². The van der Waals surface area contributed by atoms with Crippen LogP contribution in [0.5, 0.6) is 0 Å². The molecule has 0 fully saturated rings. The van der Waals surface area contributed by atoms with Crippen molar-refractivity contribution >= 4 is 11.4 Å². The number of hydrogen-bond donors (Lipinski definition) is 0. The van der Waals surface area contributed by atoms with E-state index in [1.165, 1.54) is 44.5 Å². The van der Waals surface area contributed by atoms with Crippen molar-refractivity contribution in [3.63, 3.8) is 0 Å². The maximum absolute atomic E-state index is 12.7. The molecule has 0 unspecified atom stereocenters. The molecule has 0 aliphatic heterocycles. The van der Waals surface area contributed by atoms with Crippen molar-refractivity contribution in [2.45, 2.75) is 93.4 Å². The smallest absolute Gasteiger partial charge is 0.160 e. The van der Waals surface area contributed by atoms with E-state index >= 15 is 0 Å². The minimum atomic E-state index is 0.125. The maximum atomic E-state index is 12.7. The third-order valence-corrected chi connectivity index (χ3v) is 7.74. The van der Waals surface area contributed by atoms with Gasteiger partial charge < -0.3 is 0 Å². The van der Waals surface area contributed by atoms with Crippen LogP contribution in [-0.2, 0) is 12.8 Å². The first kappa shape index (κ1) is 30.4. The van der Waals surface area contributed by atoms with Crippen LogP contribution < -0.4 is 0 Å². The largest absolute Gasteiger partial charge is 0.295 e. The van der Waals surface area contributed by atoms with Crippen LogP contribution >= 0.6 is 0 Å². The Morgan fingerprint density at radius 1 is 0.821 bits per heavy atom. The molecule has 0 radical (unpaired) electrons. The molecular formula is C38H48O. The first-order chi connectivity index (χ1) is 18.2. The number of aryl methyl sites for hydroxylation is 3. The summed E-state index contributed by atoms with van der Waals surface area (Å²) < 4.78 is 0. The van der Waals surface area contributed by atoms with Gasteiger partial charge in [0.1, 0.15) is 0 Å². The normalized spacial score (nSPS) is 12.3. The van der Waals surface area contributed by atoms with Crippen LogP contribution in [0.2, 0.25) is 0 Å². The second-order valence-electron chi connectivity index (χ2n) is 12.9. The van der Waals surface area contributed by atoms with Crippen molar-refractivity contribution in [3.8, 4) is 0 Å². The number of allylic oxidation sites excluding steroid dienone is 2. The topological polar surface area (TPSA) is 17.1 Å². The van der Waals surface area contributed by atoms with Gasteiger partial charge in [-0.2, -0.15) is 0 Å². The predicted molar refractivity (Wildman–Crippen MR) is 170 cm³/mol. The zero-order valence-electron chi connectivity index (χ0n) is 25.6. The van der Waals surface area contributed by atoms with E-state index in [0.717, 1.165) is 48.8 Å². The highest BCUT2D eigenvalue weighted by molar-refractivity contribution is 5.96. The fraction of sp³-hybridized carbons (Fsp3) is 0.395. The Morgan fingerprint density at radius 3 is 2.08 bits per heavy atom. The summed E-state index contributed by atoms with van der Waals surface area (Å²) in [5, 5.41) is 0.